The Morgan fingerprint density at radius 3 is 1.09 bits per heavy atom. The van der Waals surface area contributed by atoms with E-state index in [1.165, 1.54) is 33.4 Å². The first-order valence-electron chi connectivity index (χ1n) is 11.0. The van der Waals surface area contributed by atoms with Gasteiger partial charge < -0.3 is 0 Å². The molecule has 0 aliphatic carbocycles. The van der Waals surface area contributed by atoms with Gasteiger partial charge in [-0.05, 0) is 68.5 Å². The first kappa shape index (κ1) is 24.7. The summed E-state index contributed by atoms with van der Waals surface area (Å²) in [5.74, 6) is 0. The maximum Gasteiger partial charge on any atom is 0.0184 e. The van der Waals surface area contributed by atoms with E-state index in [-0.39, 0.29) is 10.8 Å². The highest BCUT2D eigenvalue weighted by Gasteiger charge is 2.15. The summed E-state index contributed by atoms with van der Waals surface area (Å²) in [4.78, 5) is 0. The maximum absolute atomic E-state index is 3.65. The minimum absolute atomic E-state index is 0.127. The van der Waals surface area contributed by atoms with E-state index in [9.17, 15) is 0 Å². The topological polar surface area (TPSA) is 0 Å². The third kappa shape index (κ3) is 7.05. The molecule has 166 valence electrons. The maximum atomic E-state index is 3.65. The van der Waals surface area contributed by atoms with Crippen LogP contribution >= 0.6 is 31.9 Å². The summed E-state index contributed by atoms with van der Waals surface area (Å²) in [5.41, 5.74) is 7.71. The molecular weight excluding hydrogens is 520 g/mol. The molecule has 0 bridgehead atoms. The van der Waals surface area contributed by atoms with Gasteiger partial charge in [0.05, 0.1) is 0 Å². The zero-order chi connectivity index (χ0) is 23.5. The first-order chi connectivity index (χ1) is 14.9. The average Bonchev–Trinajstić information content (AvgIpc) is 2.69. The van der Waals surface area contributed by atoms with Crippen molar-refractivity contribution in [3.05, 3.63) is 103 Å². The van der Waals surface area contributed by atoms with Crippen molar-refractivity contribution in [2.75, 3.05) is 0 Å². The Labute approximate surface area is 210 Å². The van der Waals surface area contributed by atoms with Crippen molar-refractivity contribution in [2.24, 2.45) is 0 Å². The number of halogens is 2. The SMILES string of the molecule is CC(C)(C)c1cc(Br)cc(C=Cc2ccc(C=Cc3cc(Br)cc(C(C)(C)C)c3)cc2)c1. The molecule has 0 saturated heterocycles. The highest BCUT2D eigenvalue weighted by molar-refractivity contribution is 9.10. The van der Waals surface area contributed by atoms with Crippen LogP contribution in [0.4, 0.5) is 0 Å². The largest absolute Gasteiger partial charge is 0.0561 e. The zero-order valence-corrected chi connectivity index (χ0v) is 23.0. The van der Waals surface area contributed by atoms with Crippen LogP contribution in [0.25, 0.3) is 24.3 Å². The van der Waals surface area contributed by atoms with Gasteiger partial charge in [0.15, 0.2) is 0 Å². The molecule has 3 aromatic rings. The van der Waals surface area contributed by atoms with Crippen molar-refractivity contribution < 1.29 is 0 Å². The van der Waals surface area contributed by atoms with E-state index < -0.39 is 0 Å². The van der Waals surface area contributed by atoms with Gasteiger partial charge in [0.1, 0.15) is 0 Å². The summed E-state index contributed by atoms with van der Waals surface area (Å²) < 4.78 is 2.24. The third-order valence-corrected chi connectivity index (χ3v) is 6.36. The monoisotopic (exact) mass is 550 g/mol. The molecule has 0 nitrogen and oxygen atoms in total. The fraction of sp³-hybridized carbons (Fsp3) is 0.267. The van der Waals surface area contributed by atoms with Crippen LogP contribution in [0.5, 0.6) is 0 Å². The standard InChI is InChI=1S/C30H32Br2/c1-29(2,3)25-15-23(17-27(31)19-25)13-11-21-7-9-22(10-8-21)12-14-24-16-26(30(4,5)6)20-28(32)18-24/h7-20H,1-6H3. The molecule has 0 saturated carbocycles. The normalized spacial score (nSPS) is 12.8. The van der Waals surface area contributed by atoms with Gasteiger partial charge in [-0.15, -0.1) is 0 Å². The summed E-state index contributed by atoms with van der Waals surface area (Å²) in [6.07, 6.45) is 8.71. The van der Waals surface area contributed by atoms with E-state index in [1.54, 1.807) is 0 Å². The number of hydrogen-bond acceptors (Lipinski definition) is 0. The molecule has 0 heterocycles. The van der Waals surface area contributed by atoms with Crippen LogP contribution in [0, 0.1) is 0 Å². The van der Waals surface area contributed by atoms with Gasteiger partial charge in [-0.1, -0.05) is 134 Å². The predicted molar refractivity (Wildman–Crippen MR) is 150 cm³/mol. The molecule has 3 aromatic carbocycles. The summed E-state index contributed by atoms with van der Waals surface area (Å²) >= 11 is 7.31. The van der Waals surface area contributed by atoms with Crippen molar-refractivity contribution in [2.45, 2.75) is 52.4 Å². The summed E-state index contributed by atoms with van der Waals surface area (Å²) in [5, 5.41) is 0. The van der Waals surface area contributed by atoms with Crippen LogP contribution in [0.2, 0.25) is 0 Å². The molecule has 2 heteroatoms. The zero-order valence-electron chi connectivity index (χ0n) is 19.8. The van der Waals surface area contributed by atoms with Crippen molar-refractivity contribution >= 4 is 56.2 Å². The molecule has 0 N–H and O–H groups in total. The van der Waals surface area contributed by atoms with Crippen LogP contribution in [-0.4, -0.2) is 0 Å². The Kier molecular flexibility index (Phi) is 7.68. The van der Waals surface area contributed by atoms with E-state index in [1.807, 2.05) is 0 Å². The van der Waals surface area contributed by atoms with Crippen molar-refractivity contribution in [1.82, 2.24) is 0 Å². The van der Waals surface area contributed by atoms with Crippen molar-refractivity contribution in [3.63, 3.8) is 0 Å². The highest BCUT2D eigenvalue weighted by atomic mass is 79.9. The molecule has 0 fully saturated rings. The lowest BCUT2D eigenvalue weighted by atomic mass is 9.86. The Morgan fingerprint density at radius 1 is 0.469 bits per heavy atom. The van der Waals surface area contributed by atoms with Gasteiger partial charge in [0.2, 0.25) is 0 Å². The quantitative estimate of drug-likeness (QED) is 0.283. The fourth-order valence-electron chi connectivity index (χ4n) is 3.39. The van der Waals surface area contributed by atoms with Crippen molar-refractivity contribution in [1.29, 1.82) is 0 Å². The molecule has 0 atom stereocenters. The van der Waals surface area contributed by atoms with E-state index in [0.29, 0.717) is 0 Å². The Hall–Kier alpha value is -1.90. The Morgan fingerprint density at radius 2 is 0.781 bits per heavy atom. The third-order valence-electron chi connectivity index (χ3n) is 5.45. The number of benzene rings is 3. The van der Waals surface area contributed by atoms with E-state index in [0.717, 1.165) is 8.95 Å². The Balaban J connectivity index is 1.75. The molecule has 32 heavy (non-hydrogen) atoms. The van der Waals surface area contributed by atoms with Gasteiger partial charge in [0.25, 0.3) is 0 Å². The first-order valence-corrected chi connectivity index (χ1v) is 12.6. The minimum Gasteiger partial charge on any atom is -0.0561 e. The summed E-state index contributed by atoms with van der Waals surface area (Å²) in [7, 11) is 0. The summed E-state index contributed by atoms with van der Waals surface area (Å²) in [6.45, 7) is 13.5. The van der Waals surface area contributed by atoms with E-state index in [4.69, 9.17) is 0 Å². The molecule has 0 radical (unpaired) electrons. The second kappa shape index (κ2) is 9.93. The summed E-state index contributed by atoms with van der Waals surface area (Å²) in [6, 6.07) is 21.9. The van der Waals surface area contributed by atoms with Crippen LogP contribution in [0.15, 0.2) is 69.6 Å². The van der Waals surface area contributed by atoms with Gasteiger partial charge in [-0.25, -0.2) is 0 Å². The molecule has 0 amide bonds. The smallest absolute Gasteiger partial charge is 0.0184 e. The molecule has 0 spiro atoms. The van der Waals surface area contributed by atoms with Gasteiger partial charge in [-0.3, -0.25) is 0 Å². The predicted octanol–water partition coefficient (Wildman–Crippen LogP) is 10.1. The number of hydrogen-bond donors (Lipinski definition) is 0. The van der Waals surface area contributed by atoms with Gasteiger partial charge >= 0.3 is 0 Å². The molecule has 0 unspecified atom stereocenters. The lowest BCUT2D eigenvalue weighted by Gasteiger charge is -2.20. The van der Waals surface area contributed by atoms with E-state index >= 15 is 0 Å². The lowest BCUT2D eigenvalue weighted by Crippen LogP contribution is -2.11. The van der Waals surface area contributed by atoms with Gasteiger partial charge in [0, 0.05) is 8.95 Å². The van der Waals surface area contributed by atoms with Crippen LogP contribution in [0.1, 0.15) is 74.9 Å². The second-order valence-electron chi connectivity index (χ2n) is 10.4. The molecule has 0 aliphatic heterocycles. The van der Waals surface area contributed by atoms with Crippen LogP contribution in [0.3, 0.4) is 0 Å². The highest BCUT2D eigenvalue weighted by Crippen LogP contribution is 2.29. The molecule has 0 aliphatic rings. The second-order valence-corrected chi connectivity index (χ2v) is 12.2. The van der Waals surface area contributed by atoms with Crippen LogP contribution < -0.4 is 0 Å². The van der Waals surface area contributed by atoms with Crippen molar-refractivity contribution in [3.8, 4) is 0 Å². The lowest BCUT2D eigenvalue weighted by molar-refractivity contribution is 0.589. The Bertz CT molecular complexity index is 1040. The minimum atomic E-state index is 0.127. The van der Waals surface area contributed by atoms with E-state index in [2.05, 4.69) is 158 Å². The molecular formula is C30H32Br2. The average molecular weight is 552 g/mol. The van der Waals surface area contributed by atoms with Gasteiger partial charge in [-0.2, -0.15) is 0 Å². The molecule has 3 rings (SSSR count). The van der Waals surface area contributed by atoms with Crippen LogP contribution in [-0.2, 0) is 10.8 Å². The fourth-order valence-corrected chi connectivity index (χ4v) is 4.41. The number of rotatable bonds is 4. The molecule has 0 aromatic heterocycles.